The lowest BCUT2D eigenvalue weighted by atomic mass is 9.95. The summed E-state index contributed by atoms with van der Waals surface area (Å²) >= 11 is 0. The Labute approximate surface area is 877 Å². The second-order valence-corrected chi connectivity index (χ2v) is 40.8. The molecule has 20 amide bonds. The van der Waals surface area contributed by atoms with Crippen molar-refractivity contribution in [3.05, 3.63) is 35.9 Å². The highest BCUT2D eigenvalue weighted by Crippen LogP contribution is 2.21. The first-order chi connectivity index (χ1) is 70.3. The van der Waals surface area contributed by atoms with Gasteiger partial charge in [-0.1, -0.05) is 147 Å². The number of nitrogens with one attached hydrogen (secondary N) is 19. The molecule has 1 saturated heterocycles. The molecule has 0 spiro atoms. The Morgan fingerprint density at radius 1 is 0.329 bits per heavy atom. The van der Waals surface area contributed by atoms with Gasteiger partial charge in [-0.15, -0.1) is 0 Å². The molecule has 0 aromatic heterocycles. The van der Waals surface area contributed by atoms with Crippen molar-refractivity contribution in [1.82, 2.24) is 101 Å². The van der Waals surface area contributed by atoms with Gasteiger partial charge in [0.2, 0.25) is 118 Å². The number of unbranched alkanes of at least 4 members (excludes halogenated alkanes) is 4. The van der Waals surface area contributed by atoms with Crippen LogP contribution in [-0.4, -0.2) is 279 Å². The van der Waals surface area contributed by atoms with E-state index in [1.165, 1.54) is 20.8 Å². The van der Waals surface area contributed by atoms with Gasteiger partial charge < -0.3 is 147 Å². The van der Waals surface area contributed by atoms with Crippen LogP contribution in [0, 0.1) is 41.4 Å². The van der Waals surface area contributed by atoms with Crippen LogP contribution >= 0.6 is 0 Å². The van der Waals surface area contributed by atoms with Crippen LogP contribution in [-0.2, 0) is 102 Å². The van der Waals surface area contributed by atoms with Gasteiger partial charge in [0.15, 0.2) is 5.96 Å². The number of rotatable bonds is 75. The summed E-state index contributed by atoms with van der Waals surface area (Å²) in [4.78, 5) is 286. The largest absolute Gasteiger partial charge is 0.370 e. The molecule has 149 heavy (non-hydrogen) atoms. The zero-order valence-electron chi connectivity index (χ0n) is 90.7. The standard InChI is InChI=1S/C101H180N28O20/c1-18-59(12)80(128-92(141)70(39-27-31-45-105)119-97(146)77(53-78(106)130)123-95(144)75(51-58(10)11)126-100(149)82(61(14)20-3)129-91(140)69(38-26-30-44-104)118-88(137)67-40-32-46-110-67)98(147)124-72(48-55(4)5)87(136)112-54-79(131)116-68(37-25-29-43-103)90(139)127-81(60(13)19-2)99(148)125-74(50-57(8)9)94(143)120-71(41-33-47-111-101(108)109)89(138)122-73(49-56(6)7)93(142)115-63(16)85(134)113-62(15)84(133)114-64(17)86(135)121-76(52-65-34-22-21-23-35-65)96(145)117-66(83(107)132)36-24-28-42-102/h21-23,34-35,55-64,66-77,80-82,110H,18-20,24-33,36-54,102-105H2,1-17H3,(H2,106,130)(H2,107,132)(H,112,136)(H,113,134)(H,114,133)(H,115,142)(H,116,131)(H,117,145)(H,118,137)(H,119,146)(H,120,143)(H,121,135)(H,122,138)(H,123,144)(H,124,147)(H,125,148)(H,126,149)(H,127,139)(H,128,141)(H,129,140)(H4,108,109,111)/t59-,60-,61-,62-,63-,64-,66-,67-,68-,69-,70-,71-,72-,73-,74-,75-,76-,77-,80-,81-,82-/m0/s1. The van der Waals surface area contributed by atoms with Crippen molar-refractivity contribution in [3.8, 4) is 0 Å². The fourth-order valence-corrected chi connectivity index (χ4v) is 16.3. The van der Waals surface area contributed by atoms with E-state index in [9.17, 15) is 95.9 Å². The number of guanidine groups is 1. The van der Waals surface area contributed by atoms with Gasteiger partial charge in [-0.3, -0.25) is 101 Å². The summed E-state index contributed by atoms with van der Waals surface area (Å²) in [6.45, 7) is 29.5. The first-order valence-corrected chi connectivity index (χ1v) is 52.9. The molecular weight excluding hydrogens is 1930 g/mol. The average Bonchev–Trinajstić information content (AvgIpc) is 0.940. The van der Waals surface area contributed by atoms with Gasteiger partial charge in [-0.2, -0.15) is 0 Å². The van der Waals surface area contributed by atoms with Gasteiger partial charge in [-0.25, -0.2) is 0 Å². The monoisotopic (exact) mass is 2110 g/mol. The molecule has 1 aliphatic rings. The summed E-state index contributed by atoms with van der Waals surface area (Å²) in [6.07, 6.45) is 5.20. The molecular formula is C101H180N28O20. The molecule has 48 nitrogen and oxygen atoms in total. The minimum Gasteiger partial charge on any atom is -0.370 e. The summed E-state index contributed by atoms with van der Waals surface area (Å²) in [5.41, 5.74) is 46.4. The van der Waals surface area contributed by atoms with Gasteiger partial charge in [0.25, 0.3) is 0 Å². The number of hydrogen-bond donors (Lipinski definition) is 27. The third-order valence-corrected chi connectivity index (χ3v) is 25.7. The maximum atomic E-state index is 14.9. The number of benzene rings is 1. The van der Waals surface area contributed by atoms with E-state index in [1.807, 2.05) is 0 Å². The van der Waals surface area contributed by atoms with E-state index in [4.69, 9.17) is 45.9 Å². The molecule has 21 atom stereocenters. The van der Waals surface area contributed by atoms with Crippen molar-refractivity contribution >= 4 is 124 Å². The first-order valence-electron chi connectivity index (χ1n) is 52.9. The fraction of sp³-hybridized carbons (Fsp3) is 0.733. The van der Waals surface area contributed by atoms with Gasteiger partial charge in [0.1, 0.15) is 103 Å². The summed E-state index contributed by atoms with van der Waals surface area (Å²) in [7, 11) is 0. The van der Waals surface area contributed by atoms with Crippen molar-refractivity contribution in [2.45, 2.75) is 387 Å². The molecule has 1 aromatic rings. The fourth-order valence-electron chi connectivity index (χ4n) is 16.3. The normalized spacial score (nSPS) is 16.4. The van der Waals surface area contributed by atoms with E-state index < -0.39 is 252 Å². The molecule has 1 aliphatic heterocycles. The van der Waals surface area contributed by atoms with Crippen LogP contribution in [0.4, 0.5) is 0 Å². The smallest absolute Gasteiger partial charge is 0.243 e. The topological polar surface area (TPSA) is 790 Å². The lowest BCUT2D eigenvalue weighted by molar-refractivity contribution is -0.137. The Kier molecular flexibility index (Phi) is 63.6. The highest BCUT2D eigenvalue weighted by molar-refractivity contribution is 6.02. The van der Waals surface area contributed by atoms with Crippen LogP contribution in [0.3, 0.4) is 0 Å². The second kappa shape index (κ2) is 71.4. The lowest BCUT2D eigenvalue weighted by Crippen LogP contribution is -2.61. The zero-order chi connectivity index (χ0) is 112. The number of carbonyl (C=O) groups is 20. The molecule has 2 rings (SSSR count). The van der Waals surface area contributed by atoms with E-state index in [2.05, 4.69) is 106 Å². The Balaban J connectivity index is 2.43. The summed E-state index contributed by atoms with van der Waals surface area (Å²) in [6, 6.07) is -14.5. The Morgan fingerprint density at radius 3 is 0.993 bits per heavy atom. The van der Waals surface area contributed by atoms with E-state index in [0.717, 1.165) is 6.42 Å². The van der Waals surface area contributed by atoms with Crippen molar-refractivity contribution in [3.63, 3.8) is 0 Å². The van der Waals surface area contributed by atoms with E-state index in [0.29, 0.717) is 76.6 Å². The average molecular weight is 2110 g/mol. The van der Waals surface area contributed by atoms with Crippen LogP contribution in [0.2, 0.25) is 0 Å². The van der Waals surface area contributed by atoms with Crippen LogP contribution in [0.5, 0.6) is 0 Å². The molecule has 35 N–H and O–H groups in total. The lowest BCUT2D eigenvalue weighted by Gasteiger charge is -2.30. The first kappa shape index (κ1) is 133. The summed E-state index contributed by atoms with van der Waals surface area (Å²) in [5.74, 6) is -19.5. The van der Waals surface area contributed by atoms with Gasteiger partial charge in [0.05, 0.1) is 19.0 Å². The molecule has 0 aliphatic carbocycles. The number of carbonyl (C=O) groups excluding carboxylic acids is 20. The van der Waals surface area contributed by atoms with Crippen molar-refractivity contribution in [2.24, 2.45) is 92.3 Å². The van der Waals surface area contributed by atoms with Crippen LogP contribution in [0.25, 0.3) is 0 Å². The third-order valence-electron chi connectivity index (χ3n) is 25.7. The predicted molar refractivity (Wildman–Crippen MR) is 565 cm³/mol. The number of nitrogens with zero attached hydrogens (tertiary/aromatic N) is 1. The highest BCUT2D eigenvalue weighted by Gasteiger charge is 2.42. The maximum absolute atomic E-state index is 14.9. The second-order valence-electron chi connectivity index (χ2n) is 40.8. The Hall–Kier alpha value is -12.3. The Morgan fingerprint density at radius 2 is 0.631 bits per heavy atom. The molecule has 844 valence electrons. The third kappa shape index (κ3) is 51.6. The molecule has 1 aromatic carbocycles. The van der Waals surface area contributed by atoms with Gasteiger partial charge >= 0.3 is 0 Å². The minimum atomic E-state index is -1.74. The van der Waals surface area contributed by atoms with Crippen molar-refractivity contribution < 1.29 is 95.9 Å². The van der Waals surface area contributed by atoms with Crippen molar-refractivity contribution in [2.75, 3.05) is 45.8 Å². The molecule has 1 heterocycles. The highest BCUT2D eigenvalue weighted by atomic mass is 16.2. The quantitative estimate of drug-likeness (QED) is 0.0172. The Bertz CT molecular complexity index is 4460. The molecule has 0 unspecified atom stereocenters. The minimum absolute atomic E-state index is 0.00101. The van der Waals surface area contributed by atoms with E-state index in [-0.39, 0.29) is 151 Å². The van der Waals surface area contributed by atoms with Gasteiger partial charge in [-0.05, 0) is 229 Å². The molecule has 1 fully saturated rings. The number of hydrogen-bond acceptors (Lipinski definition) is 26. The van der Waals surface area contributed by atoms with Crippen LogP contribution in [0.1, 0.15) is 277 Å². The zero-order valence-corrected chi connectivity index (χ0v) is 90.7. The maximum Gasteiger partial charge on any atom is 0.243 e. The predicted octanol–water partition coefficient (Wildman–Crippen LogP) is -3.35. The summed E-state index contributed by atoms with van der Waals surface area (Å²) in [5, 5.41) is 51.2. The molecule has 0 radical (unpaired) electrons. The van der Waals surface area contributed by atoms with Gasteiger partial charge in [0, 0.05) is 13.0 Å². The van der Waals surface area contributed by atoms with Crippen LogP contribution < -0.4 is 147 Å². The molecule has 48 heteroatoms. The SMILES string of the molecule is CC[C@H](C)[C@H](NC(=O)[C@H](CCCCN)NC(=O)[C@H](CC(N)=O)NC(=O)[C@H](CC(C)C)NC(=O)[C@@H](NC(=O)[C@H](CCCCN)NC(=O)[C@@H]1CCCN1)[C@@H](C)CC)C(=O)N[C@@H](CC(C)C)C(=O)NCC(=O)N[C@@H](CCCCN)C(=O)N[C@H](C(=O)N[C@@H](CC(C)C)C(=O)N[C@@H](CCCN=C(N)N)C(=O)N[C@@H](CC(C)C)C(=O)N[C@@H](C)C(=O)N[C@@H](C)C(=O)N[C@@H](C)C(=O)N[C@@H](Cc1ccccc1)C(=O)N[C@@H](CCCCN)C(N)=O)[C@@H](C)CC. The number of amides is 20. The number of aliphatic imine (C=N–C) groups is 1. The molecule has 0 saturated carbocycles. The van der Waals surface area contributed by atoms with E-state index >= 15 is 0 Å². The van der Waals surface area contributed by atoms with Crippen molar-refractivity contribution in [1.29, 1.82) is 0 Å². The summed E-state index contributed by atoms with van der Waals surface area (Å²) < 4.78 is 0. The van der Waals surface area contributed by atoms with Crippen LogP contribution in [0.15, 0.2) is 35.3 Å². The number of primary amides is 2. The molecule has 0 bridgehead atoms. The van der Waals surface area contributed by atoms with E-state index in [1.54, 1.807) is 127 Å². The number of nitrogens with two attached hydrogens (primary N) is 8.